The molecule has 0 saturated carbocycles. The lowest BCUT2D eigenvalue weighted by Crippen LogP contribution is -2.41. The first-order chi connectivity index (χ1) is 7.13. The quantitative estimate of drug-likeness (QED) is 0.746. The van der Waals surface area contributed by atoms with Crippen molar-refractivity contribution in [2.45, 2.75) is 32.7 Å². The van der Waals surface area contributed by atoms with Crippen molar-refractivity contribution < 1.29 is 4.79 Å². The lowest BCUT2D eigenvalue weighted by atomic mass is 9.96. The van der Waals surface area contributed by atoms with Gasteiger partial charge < -0.3 is 5.32 Å². The second kappa shape index (κ2) is 5.72. The Hall–Kier alpha value is -1.08. The average Bonchev–Trinajstić information content (AvgIpc) is 2.26. The van der Waals surface area contributed by atoms with E-state index in [9.17, 15) is 4.79 Å². The van der Waals surface area contributed by atoms with Gasteiger partial charge in [-0.3, -0.25) is 9.69 Å². The van der Waals surface area contributed by atoms with Crippen molar-refractivity contribution in [1.82, 2.24) is 10.2 Å². The molecule has 1 aliphatic heterocycles. The Morgan fingerprint density at radius 3 is 2.67 bits per heavy atom. The van der Waals surface area contributed by atoms with E-state index in [1.165, 1.54) is 0 Å². The summed E-state index contributed by atoms with van der Waals surface area (Å²) in [7, 11) is 0. The van der Waals surface area contributed by atoms with Crippen LogP contribution in [0.25, 0.3) is 0 Å². The second-order valence-electron chi connectivity index (χ2n) is 4.22. The molecule has 1 aliphatic rings. The molecule has 0 aliphatic carbocycles. The summed E-state index contributed by atoms with van der Waals surface area (Å²) < 4.78 is 0. The zero-order valence-electron chi connectivity index (χ0n) is 9.49. The number of rotatable bonds is 3. The molecule has 1 fully saturated rings. The van der Waals surface area contributed by atoms with Gasteiger partial charge in [-0.05, 0) is 38.8 Å². The highest BCUT2D eigenvalue weighted by Crippen LogP contribution is 2.17. The smallest absolute Gasteiger partial charge is 0.216 e. The predicted molar refractivity (Wildman–Crippen MR) is 58.1 cm³/mol. The number of likely N-dealkylation sites (tertiary alicyclic amines) is 1. The topological polar surface area (TPSA) is 56.1 Å². The number of carbonyl (C=O) groups excluding carboxylic acids is 1. The Morgan fingerprint density at radius 2 is 2.20 bits per heavy atom. The van der Waals surface area contributed by atoms with Crippen LogP contribution in [0.3, 0.4) is 0 Å². The number of nitriles is 1. The summed E-state index contributed by atoms with van der Waals surface area (Å²) in [6.45, 7) is 6.21. The minimum atomic E-state index is 0.0201. The Balaban J connectivity index is 2.24. The van der Waals surface area contributed by atoms with E-state index in [0.717, 1.165) is 32.5 Å². The molecule has 15 heavy (non-hydrogen) atoms. The van der Waals surface area contributed by atoms with Crippen LogP contribution in [0.1, 0.15) is 26.7 Å². The van der Waals surface area contributed by atoms with Crippen LogP contribution in [0.5, 0.6) is 0 Å². The largest absolute Gasteiger partial charge is 0.356 e. The van der Waals surface area contributed by atoms with Gasteiger partial charge in [-0.15, -0.1) is 0 Å². The zero-order valence-corrected chi connectivity index (χ0v) is 9.49. The summed E-state index contributed by atoms with van der Waals surface area (Å²) in [6.07, 6.45) is 2.15. The van der Waals surface area contributed by atoms with Gasteiger partial charge in [0.05, 0.1) is 12.1 Å². The van der Waals surface area contributed by atoms with Gasteiger partial charge in [0.2, 0.25) is 5.91 Å². The summed E-state index contributed by atoms with van der Waals surface area (Å²) >= 11 is 0. The first-order valence-electron chi connectivity index (χ1n) is 5.51. The summed E-state index contributed by atoms with van der Waals surface area (Å²) in [5.74, 6) is 0.624. The van der Waals surface area contributed by atoms with Crippen LogP contribution in [0.2, 0.25) is 0 Å². The summed E-state index contributed by atoms with van der Waals surface area (Å²) in [6, 6.07) is 2.28. The fraction of sp³-hybridized carbons (Fsp3) is 0.818. The van der Waals surface area contributed by atoms with Gasteiger partial charge in [0, 0.05) is 13.5 Å². The molecule has 1 N–H and O–H groups in total. The second-order valence-corrected chi connectivity index (χ2v) is 4.22. The van der Waals surface area contributed by atoms with Crippen LogP contribution >= 0.6 is 0 Å². The van der Waals surface area contributed by atoms with Gasteiger partial charge in [-0.2, -0.15) is 5.26 Å². The molecule has 84 valence electrons. The average molecular weight is 209 g/mol. The van der Waals surface area contributed by atoms with Crippen LogP contribution in [0.4, 0.5) is 0 Å². The Morgan fingerprint density at radius 1 is 1.60 bits per heavy atom. The number of carbonyl (C=O) groups is 1. The molecular formula is C11H19N3O. The maximum absolute atomic E-state index is 10.7. The van der Waals surface area contributed by atoms with Crippen LogP contribution in [0, 0.1) is 17.2 Å². The van der Waals surface area contributed by atoms with E-state index in [0.29, 0.717) is 5.92 Å². The van der Waals surface area contributed by atoms with Gasteiger partial charge in [0.15, 0.2) is 0 Å². The standard InChI is InChI=1S/C11H19N3O/c1-9(7-12)14-5-3-11(4-6-14)8-13-10(2)15/h9,11H,3-6,8H2,1-2H3,(H,13,15). The molecule has 0 bridgehead atoms. The Kier molecular flexibility index (Phi) is 4.57. The molecule has 0 spiro atoms. The number of nitrogens with zero attached hydrogens (tertiary/aromatic N) is 2. The highest BCUT2D eigenvalue weighted by Gasteiger charge is 2.22. The number of nitrogens with one attached hydrogen (secondary N) is 1. The molecular weight excluding hydrogens is 190 g/mol. The monoisotopic (exact) mass is 209 g/mol. The minimum Gasteiger partial charge on any atom is -0.356 e. The van der Waals surface area contributed by atoms with Crippen molar-refractivity contribution in [3.05, 3.63) is 0 Å². The van der Waals surface area contributed by atoms with E-state index in [1.54, 1.807) is 6.92 Å². The fourth-order valence-electron chi connectivity index (χ4n) is 1.91. The number of hydrogen-bond acceptors (Lipinski definition) is 3. The van der Waals surface area contributed by atoms with Gasteiger partial charge in [0.1, 0.15) is 0 Å². The lowest BCUT2D eigenvalue weighted by Gasteiger charge is -2.33. The summed E-state index contributed by atoms with van der Waals surface area (Å²) in [5.41, 5.74) is 0. The van der Waals surface area contributed by atoms with Crippen molar-refractivity contribution in [1.29, 1.82) is 5.26 Å². The van der Waals surface area contributed by atoms with Crippen molar-refractivity contribution in [3.8, 4) is 6.07 Å². The van der Waals surface area contributed by atoms with Gasteiger partial charge in [-0.1, -0.05) is 0 Å². The Labute approximate surface area is 91.2 Å². The van der Waals surface area contributed by atoms with Gasteiger partial charge >= 0.3 is 0 Å². The number of amides is 1. The molecule has 1 heterocycles. The third kappa shape index (κ3) is 3.88. The predicted octanol–water partition coefficient (Wildman–Crippen LogP) is 0.747. The minimum absolute atomic E-state index is 0.0201. The normalized spacial score (nSPS) is 20.6. The van der Waals surface area contributed by atoms with Crippen molar-refractivity contribution >= 4 is 5.91 Å². The van der Waals surface area contributed by atoms with E-state index < -0.39 is 0 Å². The molecule has 1 unspecified atom stereocenters. The molecule has 1 rings (SSSR count). The molecule has 1 saturated heterocycles. The van der Waals surface area contributed by atoms with Crippen LogP contribution in [-0.2, 0) is 4.79 Å². The lowest BCUT2D eigenvalue weighted by molar-refractivity contribution is -0.119. The highest BCUT2D eigenvalue weighted by atomic mass is 16.1. The SMILES string of the molecule is CC(=O)NCC1CCN(C(C)C#N)CC1. The Bertz CT molecular complexity index is 251. The van der Waals surface area contributed by atoms with E-state index in [1.807, 2.05) is 6.92 Å². The van der Waals surface area contributed by atoms with Crippen LogP contribution in [-0.4, -0.2) is 36.5 Å². The third-order valence-corrected chi connectivity index (χ3v) is 3.02. The first-order valence-corrected chi connectivity index (χ1v) is 5.51. The molecule has 4 nitrogen and oxygen atoms in total. The summed E-state index contributed by atoms with van der Waals surface area (Å²) in [5, 5.41) is 11.6. The first kappa shape index (κ1) is 12.0. The zero-order chi connectivity index (χ0) is 11.3. The fourth-order valence-corrected chi connectivity index (χ4v) is 1.91. The number of piperidine rings is 1. The molecule has 0 aromatic rings. The van der Waals surface area contributed by atoms with Gasteiger partial charge in [-0.25, -0.2) is 0 Å². The van der Waals surface area contributed by atoms with Crippen LogP contribution < -0.4 is 5.32 Å². The maximum Gasteiger partial charge on any atom is 0.216 e. The van der Waals surface area contributed by atoms with E-state index in [-0.39, 0.29) is 11.9 Å². The molecule has 0 aromatic carbocycles. The van der Waals surface area contributed by atoms with Gasteiger partial charge in [0.25, 0.3) is 0 Å². The molecule has 1 atom stereocenters. The summed E-state index contributed by atoms with van der Waals surface area (Å²) in [4.78, 5) is 12.9. The molecule has 0 radical (unpaired) electrons. The number of hydrogen-bond donors (Lipinski definition) is 1. The van der Waals surface area contributed by atoms with E-state index in [4.69, 9.17) is 5.26 Å². The van der Waals surface area contributed by atoms with E-state index >= 15 is 0 Å². The van der Waals surface area contributed by atoms with E-state index in [2.05, 4.69) is 16.3 Å². The molecule has 1 amide bonds. The third-order valence-electron chi connectivity index (χ3n) is 3.02. The molecule has 0 aromatic heterocycles. The maximum atomic E-state index is 10.7. The van der Waals surface area contributed by atoms with Crippen molar-refractivity contribution in [2.75, 3.05) is 19.6 Å². The van der Waals surface area contributed by atoms with Crippen molar-refractivity contribution in [3.63, 3.8) is 0 Å². The van der Waals surface area contributed by atoms with Crippen molar-refractivity contribution in [2.24, 2.45) is 5.92 Å². The highest BCUT2D eigenvalue weighted by molar-refractivity contribution is 5.72. The van der Waals surface area contributed by atoms with Crippen LogP contribution in [0.15, 0.2) is 0 Å². The molecule has 4 heteroatoms.